The van der Waals surface area contributed by atoms with Gasteiger partial charge in [-0.25, -0.2) is 4.98 Å². The van der Waals surface area contributed by atoms with Crippen LogP contribution in [0, 0.1) is 4.77 Å². The van der Waals surface area contributed by atoms with Gasteiger partial charge in [0.25, 0.3) is 0 Å². The van der Waals surface area contributed by atoms with Gasteiger partial charge in [-0.1, -0.05) is 6.07 Å². The van der Waals surface area contributed by atoms with E-state index in [0.29, 0.717) is 16.3 Å². The van der Waals surface area contributed by atoms with Gasteiger partial charge in [0.1, 0.15) is 5.82 Å². The molecular formula is C16H19N3O2S. The highest BCUT2D eigenvalue weighted by Gasteiger charge is 2.19. The third-order valence-corrected chi connectivity index (χ3v) is 4.04. The molecule has 0 unspecified atom stereocenters. The lowest BCUT2D eigenvalue weighted by Crippen LogP contribution is -2.05. The summed E-state index contributed by atoms with van der Waals surface area (Å²) in [4.78, 5) is 7.67. The number of benzene rings is 1. The molecule has 0 saturated carbocycles. The Hall–Kier alpha value is -2.08. The van der Waals surface area contributed by atoms with Gasteiger partial charge in [-0.05, 0) is 43.6 Å². The molecule has 2 aromatic rings. The third-order valence-electron chi connectivity index (χ3n) is 3.85. The Kier molecular flexibility index (Phi) is 4.29. The molecule has 2 heterocycles. The zero-order chi connectivity index (χ0) is 15.5. The Labute approximate surface area is 134 Å². The Morgan fingerprint density at radius 1 is 1.18 bits per heavy atom. The van der Waals surface area contributed by atoms with Crippen molar-refractivity contribution in [2.45, 2.75) is 19.3 Å². The molecular weight excluding hydrogens is 298 g/mol. The van der Waals surface area contributed by atoms with Crippen molar-refractivity contribution in [3.05, 3.63) is 28.5 Å². The molecule has 1 aromatic carbocycles. The molecule has 0 radical (unpaired) electrons. The van der Waals surface area contributed by atoms with Crippen molar-refractivity contribution in [1.29, 1.82) is 0 Å². The van der Waals surface area contributed by atoms with Crippen LogP contribution in [-0.2, 0) is 6.42 Å². The average Bonchev–Trinajstić information content (AvgIpc) is 2.78. The van der Waals surface area contributed by atoms with E-state index in [1.54, 1.807) is 14.2 Å². The van der Waals surface area contributed by atoms with E-state index in [4.69, 9.17) is 21.7 Å². The molecule has 3 rings (SSSR count). The zero-order valence-corrected chi connectivity index (χ0v) is 13.5. The number of nitrogens with one attached hydrogen (secondary N) is 2. The van der Waals surface area contributed by atoms with Crippen LogP contribution in [0.3, 0.4) is 0 Å². The topological polar surface area (TPSA) is 59.2 Å². The minimum atomic E-state index is 0.466. The maximum atomic E-state index is 5.56. The summed E-state index contributed by atoms with van der Waals surface area (Å²) in [6, 6.07) is 5.84. The second kappa shape index (κ2) is 6.36. The van der Waals surface area contributed by atoms with Crippen LogP contribution in [0.15, 0.2) is 18.2 Å². The lowest BCUT2D eigenvalue weighted by atomic mass is 10.0. The van der Waals surface area contributed by atoms with Crippen molar-refractivity contribution in [2.75, 3.05) is 26.1 Å². The Morgan fingerprint density at radius 2 is 2.05 bits per heavy atom. The summed E-state index contributed by atoms with van der Waals surface area (Å²) in [5.74, 6) is 2.28. The van der Waals surface area contributed by atoms with E-state index in [1.807, 2.05) is 18.2 Å². The fraction of sp³-hybridized carbons (Fsp3) is 0.375. The summed E-state index contributed by atoms with van der Waals surface area (Å²) < 4.78 is 11.4. The molecule has 0 bridgehead atoms. The van der Waals surface area contributed by atoms with Crippen LogP contribution in [0.2, 0.25) is 0 Å². The molecule has 1 aliphatic heterocycles. The molecule has 2 N–H and O–H groups in total. The molecule has 116 valence electrons. The summed E-state index contributed by atoms with van der Waals surface area (Å²) >= 11 is 5.29. The minimum Gasteiger partial charge on any atom is -0.493 e. The number of aromatic nitrogens is 2. The van der Waals surface area contributed by atoms with Crippen LogP contribution in [-0.4, -0.2) is 30.7 Å². The summed E-state index contributed by atoms with van der Waals surface area (Å²) in [5, 5.41) is 3.37. The fourth-order valence-electron chi connectivity index (χ4n) is 2.83. The van der Waals surface area contributed by atoms with Gasteiger partial charge in [0, 0.05) is 17.7 Å². The highest BCUT2D eigenvalue weighted by atomic mass is 32.1. The molecule has 6 heteroatoms. The first-order valence-corrected chi connectivity index (χ1v) is 7.74. The van der Waals surface area contributed by atoms with E-state index < -0.39 is 0 Å². The van der Waals surface area contributed by atoms with Gasteiger partial charge in [0.15, 0.2) is 16.3 Å². The number of rotatable bonds is 3. The first kappa shape index (κ1) is 14.8. The Morgan fingerprint density at radius 3 is 2.82 bits per heavy atom. The van der Waals surface area contributed by atoms with Crippen LogP contribution in [0.4, 0.5) is 5.82 Å². The highest BCUT2D eigenvalue weighted by Crippen LogP contribution is 2.40. The molecule has 1 aromatic heterocycles. The van der Waals surface area contributed by atoms with Crippen LogP contribution < -0.4 is 14.8 Å². The number of aromatic amines is 1. The SMILES string of the molecule is COc1cccc(-c2[nH]c(=S)nc3c2CCCCN3)c1OC. The lowest BCUT2D eigenvalue weighted by Gasteiger charge is -2.16. The molecule has 0 fully saturated rings. The van der Waals surface area contributed by atoms with Crippen molar-refractivity contribution in [2.24, 2.45) is 0 Å². The summed E-state index contributed by atoms with van der Waals surface area (Å²) in [5.41, 5.74) is 3.05. The van der Waals surface area contributed by atoms with E-state index >= 15 is 0 Å². The normalized spacial score (nSPS) is 13.7. The maximum absolute atomic E-state index is 5.56. The molecule has 22 heavy (non-hydrogen) atoms. The summed E-state index contributed by atoms with van der Waals surface area (Å²) in [7, 11) is 3.28. The predicted octanol–water partition coefficient (Wildman–Crippen LogP) is 3.57. The molecule has 0 aliphatic carbocycles. The lowest BCUT2D eigenvalue weighted by molar-refractivity contribution is 0.356. The number of H-pyrrole nitrogens is 1. The number of methoxy groups -OCH3 is 2. The number of hydrogen-bond acceptors (Lipinski definition) is 5. The summed E-state index contributed by atoms with van der Waals surface area (Å²) in [6.45, 7) is 0.924. The highest BCUT2D eigenvalue weighted by molar-refractivity contribution is 7.71. The van der Waals surface area contributed by atoms with E-state index in [9.17, 15) is 0 Å². The molecule has 5 nitrogen and oxygen atoms in total. The number of fused-ring (bicyclic) bond motifs is 1. The second-order valence-corrected chi connectivity index (χ2v) is 5.56. The molecule has 0 amide bonds. The van der Waals surface area contributed by atoms with E-state index in [0.717, 1.165) is 48.4 Å². The second-order valence-electron chi connectivity index (χ2n) is 5.17. The van der Waals surface area contributed by atoms with Gasteiger partial charge in [-0.2, -0.15) is 0 Å². The number of para-hydroxylation sites is 1. The predicted molar refractivity (Wildman–Crippen MR) is 89.4 cm³/mol. The molecule has 0 spiro atoms. The Balaban J connectivity index is 2.25. The largest absolute Gasteiger partial charge is 0.493 e. The standard InChI is InChI=1S/C16H19N3O2S/c1-20-12-8-5-7-10(14(12)21-2)13-11-6-3-4-9-17-15(11)19-16(22)18-13/h5,7-8H,3-4,6,9H2,1-2H3,(H2,17,18,19,22). The van der Waals surface area contributed by atoms with E-state index in [2.05, 4.69) is 15.3 Å². The first-order chi connectivity index (χ1) is 10.7. The van der Waals surface area contributed by atoms with E-state index in [1.165, 1.54) is 0 Å². The van der Waals surface area contributed by atoms with Gasteiger partial charge in [0.2, 0.25) is 0 Å². The van der Waals surface area contributed by atoms with Gasteiger partial charge in [-0.3, -0.25) is 0 Å². The van der Waals surface area contributed by atoms with Crippen LogP contribution in [0.25, 0.3) is 11.3 Å². The quantitative estimate of drug-likeness (QED) is 0.848. The average molecular weight is 317 g/mol. The molecule has 0 saturated heterocycles. The van der Waals surface area contributed by atoms with Crippen LogP contribution >= 0.6 is 12.2 Å². The van der Waals surface area contributed by atoms with Crippen molar-refractivity contribution in [3.8, 4) is 22.8 Å². The molecule has 1 aliphatic rings. The number of anilines is 1. The van der Waals surface area contributed by atoms with Gasteiger partial charge < -0.3 is 19.8 Å². The number of nitrogens with zero attached hydrogens (tertiary/aromatic N) is 1. The zero-order valence-electron chi connectivity index (χ0n) is 12.7. The minimum absolute atomic E-state index is 0.466. The monoisotopic (exact) mass is 317 g/mol. The number of ether oxygens (including phenoxy) is 2. The smallest absolute Gasteiger partial charge is 0.199 e. The number of hydrogen-bond donors (Lipinski definition) is 2. The Bertz CT molecular complexity index is 743. The van der Waals surface area contributed by atoms with Crippen LogP contribution in [0.1, 0.15) is 18.4 Å². The van der Waals surface area contributed by atoms with Gasteiger partial charge in [0.05, 0.1) is 19.9 Å². The van der Waals surface area contributed by atoms with Gasteiger partial charge >= 0.3 is 0 Å². The van der Waals surface area contributed by atoms with Crippen molar-refractivity contribution in [3.63, 3.8) is 0 Å². The van der Waals surface area contributed by atoms with Crippen LogP contribution in [0.5, 0.6) is 11.5 Å². The first-order valence-electron chi connectivity index (χ1n) is 7.33. The summed E-state index contributed by atoms with van der Waals surface area (Å²) in [6.07, 6.45) is 3.19. The van der Waals surface area contributed by atoms with Gasteiger partial charge in [-0.15, -0.1) is 0 Å². The van der Waals surface area contributed by atoms with E-state index in [-0.39, 0.29) is 0 Å². The fourth-order valence-corrected chi connectivity index (χ4v) is 3.03. The van der Waals surface area contributed by atoms with Crippen molar-refractivity contribution >= 4 is 18.0 Å². The third kappa shape index (κ3) is 2.66. The maximum Gasteiger partial charge on any atom is 0.199 e. The van der Waals surface area contributed by atoms with Crippen molar-refractivity contribution < 1.29 is 9.47 Å². The molecule has 0 atom stereocenters. The van der Waals surface area contributed by atoms with Crippen molar-refractivity contribution in [1.82, 2.24) is 9.97 Å².